The topological polar surface area (TPSA) is 89.8 Å². The maximum atomic E-state index is 12.3. The van der Waals surface area contributed by atoms with Crippen molar-refractivity contribution in [2.45, 2.75) is 18.7 Å². The van der Waals surface area contributed by atoms with Gasteiger partial charge in [-0.25, -0.2) is 4.68 Å². The highest BCUT2D eigenvalue weighted by Gasteiger charge is 2.17. The second-order valence-electron chi connectivity index (χ2n) is 4.42. The molecule has 1 amide bonds. The largest absolute Gasteiger partial charge is 0.289 e. The van der Waals surface area contributed by atoms with E-state index in [1.807, 2.05) is 6.92 Å². The van der Waals surface area contributed by atoms with Crippen LogP contribution in [-0.2, 0) is 17.8 Å². The summed E-state index contributed by atoms with van der Waals surface area (Å²) in [5.41, 5.74) is 2.07. The Labute approximate surface area is 118 Å². The molecule has 0 aliphatic heterocycles. The lowest BCUT2D eigenvalue weighted by Crippen LogP contribution is -2.17. The predicted octanol–water partition coefficient (Wildman–Crippen LogP) is 0.817. The molecule has 1 atom stereocenters. The molecular formula is C12H15N5O2S. The third-order valence-corrected chi connectivity index (χ3v) is 4.18. The van der Waals surface area contributed by atoms with Crippen LogP contribution in [0.2, 0.25) is 0 Å². The molecule has 0 fully saturated rings. The van der Waals surface area contributed by atoms with Crippen molar-refractivity contribution in [3.05, 3.63) is 28.8 Å². The first kappa shape index (κ1) is 14.3. The van der Waals surface area contributed by atoms with Crippen LogP contribution in [0.1, 0.15) is 21.5 Å². The number of amides is 1. The van der Waals surface area contributed by atoms with E-state index in [1.165, 1.54) is 4.68 Å². The van der Waals surface area contributed by atoms with Crippen molar-refractivity contribution in [1.82, 2.24) is 20.2 Å². The summed E-state index contributed by atoms with van der Waals surface area (Å²) in [6.07, 6.45) is 1.60. The van der Waals surface area contributed by atoms with E-state index in [-0.39, 0.29) is 11.9 Å². The molecule has 0 aliphatic carbocycles. The normalized spacial score (nSPS) is 12.2. The molecule has 8 heteroatoms. The highest BCUT2D eigenvalue weighted by molar-refractivity contribution is 7.84. The molecule has 1 unspecified atom stereocenters. The van der Waals surface area contributed by atoms with E-state index in [2.05, 4.69) is 20.8 Å². The Morgan fingerprint density at radius 1 is 1.35 bits per heavy atom. The average molecular weight is 293 g/mol. The van der Waals surface area contributed by atoms with Crippen molar-refractivity contribution in [2.24, 2.45) is 7.05 Å². The van der Waals surface area contributed by atoms with Crippen LogP contribution in [0.3, 0.4) is 0 Å². The molecule has 106 valence electrons. The van der Waals surface area contributed by atoms with Gasteiger partial charge in [0.2, 0.25) is 5.95 Å². The molecule has 0 radical (unpaired) electrons. The zero-order chi connectivity index (χ0) is 14.9. The first-order chi connectivity index (χ1) is 9.41. The lowest BCUT2D eigenvalue weighted by atomic mass is 10.1. The number of hydrogen-bond acceptors (Lipinski definition) is 5. The Hall–Kier alpha value is -2.09. The number of benzene rings is 1. The summed E-state index contributed by atoms with van der Waals surface area (Å²) in [5.74, 6) is -0.0683. The second kappa shape index (κ2) is 5.49. The van der Waals surface area contributed by atoms with Gasteiger partial charge in [-0.2, -0.15) is 0 Å². The van der Waals surface area contributed by atoms with Crippen LogP contribution in [-0.4, -0.2) is 36.6 Å². The van der Waals surface area contributed by atoms with Crippen molar-refractivity contribution in [3.8, 4) is 0 Å². The summed E-state index contributed by atoms with van der Waals surface area (Å²) >= 11 is 0. The van der Waals surface area contributed by atoms with Crippen LogP contribution >= 0.6 is 0 Å². The minimum Gasteiger partial charge on any atom is -0.289 e. The van der Waals surface area contributed by atoms with Crippen LogP contribution < -0.4 is 5.32 Å². The van der Waals surface area contributed by atoms with Crippen LogP contribution in [0.5, 0.6) is 0 Å². The maximum Gasteiger partial charge on any atom is 0.258 e. The van der Waals surface area contributed by atoms with Gasteiger partial charge in [0.1, 0.15) is 0 Å². The third kappa shape index (κ3) is 2.60. The van der Waals surface area contributed by atoms with Crippen LogP contribution in [0.15, 0.2) is 17.0 Å². The molecule has 1 aromatic heterocycles. The van der Waals surface area contributed by atoms with Crippen LogP contribution in [0, 0.1) is 13.8 Å². The highest BCUT2D eigenvalue weighted by Crippen LogP contribution is 2.21. The van der Waals surface area contributed by atoms with Gasteiger partial charge in [0.25, 0.3) is 5.91 Å². The number of hydrogen-bond donors (Lipinski definition) is 1. The van der Waals surface area contributed by atoms with E-state index in [0.29, 0.717) is 16.0 Å². The molecule has 0 saturated heterocycles. The molecule has 1 heterocycles. The van der Waals surface area contributed by atoms with E-state index in [4.69, 9.17) is 0 Å². The standard InChI is InChI=1S/C12H15N5O2S/c1-7-5-6-9(8(2)10(7)20(4)19)11(18)13-12-14-15-16-17(12)3/h5-6H,1-4H3,(H,13,14,16,18). The van der Waals surface area contributed by atoms with Gasteiger partial charge in [-0.05, 0) is 41.5 Å². The van der Waals surface area contributed by atoms with E-state index < -0.39 is 10.8 Å². The van der Waals surface area contributed by atoms with E-state index in [9.17, 15) is 9.00 Å². The number of carbonyl (C=O) groups is 1. The van der Waals surface area contributed by atoms with Crippen molar-refractivity contribution < 1.29 is 9.00 Å². The first-order valence-electron chi connectivity index (χ1n) is 5.89. The number of anilines is 1. The minimum atomic E-state index is -1.15. The second-order valence-corrected chi connectivity index (χ2v) is 5.73. The number of aryl methyl sites for hydroxylation is 2. The molecule has 2 aromatic rings. The summed E-state index contributed by atoms with van der Waals surface area (Å²) in [6.45, 7) is 3.66. The number of nitrogens with zero attached hydrogens (tertiary/aromatic N) is 4. The monoisotopic (exact) mass is 293 g/mol. The third-order valence-electron chi connectivity index (χ3n) is 2.98. The number of rotatable bonds is 3. The van der Waals surface area contributed by atoms with Gasteiger partial charge in [-0.1, -0.05) is 11.2 Å². The Morgan fingerprint density at radius 2 is 2.05 bits per heavy atom. The molecule has 0 spiro atoms. The fourth-order valence-corrected chi connectivity index (χ4v) is 3.08. The van der Waals surface area contributed by atoms with Gasteiger partial charge in [-0.15, -0.1) is 0 Å². The predicted molar refractivity (Wildman–Crippen MR) is 75.0 cm³/mol. The van der Waals surface area contributed by atoms with Gasteiger partial charge < -0.3 is 0 Å². The molecule has 1 aromatic carbocycles. The van der Waals surface area contributed by atoms with Gasteiger partial charge in [-0.3, -0.25) is 14.3 Å². The summed E-state index contributed by atoms with van der Waals surface area (Å²) < 4.78 is 13.1. The maximum absolute atomic E-state index is 12.3. The molecule has 0 aliphatic rings. The Kier molecular flexibility index (Phi) is 3.93. The zero-order valence-corrected chi connectivity index (χ0v) is 12.5. The average Bonchev–Trinajstić information content (AvgIpc) is 2.74. The quantitative estimate of drug-likeness (QED) is 0.904. The molecule has 20 heavy (non-hydrogen) atoms. The molecule has 1 N–H and O–H groups in total. The first-order valence-corrected chi connectivity index (χ1v) is 7.45. The number of tetrazole rings is 1. The van der Waals surface area contributed by atoms with Gasteiger partial charge in [0, 0.05) is 23.8 Å². The summed E-state index contributed by atoms with van der Waals surface area (Å²) in [5, 5.41) is 13.4. The Bertz CT molecular complexity index is 695. The summed E-state index contributed by atoms with van der Waals surface area (Å²) in [7, 11) is 0.482. The summed E-state index contributed by atoms with van der Waals surface area (Å²) in [4.78, 5) is 12.9. The zero-order valence-electron chi connectivity index (χ0n) is 11.7. The smallest absolute Gasteiger partial charge is 0.258 e. The van der Waals surface area contributed by atoms with Gasteiger partial charge in [0.15, 0.2) is 0 Å². The Balaban J connectivity index is 2.38. The lowest BCUT2D eigenvalue weighted by Gasteiger charge is -2.12. The summed E-state index contributed by atoms with van der Waals surface area (Å²) in [6, 6.07) is 3.49. The molecule has 2 rings (SSSR count). The van der Waals surface area contributed by atoms with E-state index >= 15 is 0 Å². The van der Waals surface area contributed by atoms with Crippen LogP contribution in [0.4, 0.5) is 5.95 Å². The van der Waals surface area contributed by atoms with Crippen molar-refractivity contribution in [2.75, 3.05) is 11.6 Å². The van der Waals surface area contributed by atoms with E-state index in [0.717, 1.165) is 5.56 Å². The highest BCUT2D eigenvalue weighted by atomic mass is 32.2. The van der Waals surface area contributed by atoms with Crippen molar-refractivity contribution in [1.29, 1.82) is 0 Å². The van der Waals surface area contributed by atoms with E-state index in [1.54, 1.807) is 32.4 Å². The number of carbonyl (C=O) groups excluding carboxylic acids is 1. The molecule has 0 saturated carbocycles. The van der Waals surface area contributed by atoms with Gasteiger partial charge >= 0.3 is 0 Å². The van der Waals surface area contributed by atoms with Crippen molar-refractivity contribution >= 4 is 22.7 Å². The number of aromatic nitrogens is 4. The molecule has 0 bridgehead atoms. The lowest BCUT2D eigenvalue weighted by molar-refractivity contribution is 0.102. The fraction of sp³-hybridized carbons (Fsp3) is 0.333. The molecular weight excluding hydrogens is 278 g/mol. The van der Waals surface area contributed by atoms with Crippen molar-refractivity contribution in [3.63, 3.8) is 0 Å². The molecule has 7 nitrogen and oxygen atoms in total. The Morgan fingerprint density at radius 3 is 2.60 bits per heavy atom. The van der Waals surface area contributed by atoms with Gasteiger partial charge in [0.05, 0.1) is 10.8 Å². The SMILES string of the molecule is Cc1ccc(C(=O)Nc2nnnn2C)c(C)c1S(C)=O. The fourth-order valence-electron chi connectivity index (χ4n) is 2.02. The van der Waals surface area contributed by atoms with Crippen LogP contribution in [0.25, 0.3) is 0 Å². The minimum absolute atomic E-state index is 0.258. The number of nitrogens with one attached hydrogen (secondary N) is 1.